The van der Waals surface area contributed by atoms with Crippen LogP contribution in [0.2, 0.25) is 0 Å². The van der Waals surface area contributed by atoms with Gasteiger partial charge in [-0.3, -0.25) is 0 Å². The molecule has 0 radical (unpaired) electrons. The molecule has 0 saturated carbocycles. The number of rotatable bonds is 0. The second kappa shape index (κ2) is 7.46. The zero-order chi connectivity index (χ0) is 23.6. The largest absolute Gasteiger partial charge is 0.362 e. The van der Waals surface area contributed by atoms with Crippen LogP contribution in [0.1, 0.15) is 5.56 Å². The predicted octanol–water partition coefficient (Wildman–Crippen LogP) is 3.47. The van der Waals surface area contributed by atoms with E-state index in [2.05, 4.69) is 91.9 Å². The number of aryl methyl sites for hydroxylation is 1. The van der Waals surface area contributed by atoms with Crippen molar-refractivity contribution in [2.24, 2.45) is 0 Å². The fourth-order valence-corrected chi connectivity index (χ4v) is 5.12. The molecule has 0 N–H and O–H groups in total. The van der Waals surface area contributed by atoms with E-state index < -0.39 is 10.2 Å². The van der Waals surface area contributed by atoms with Crippen LogP contribution in [-0.4, -0.2) is 0 Å². The van der Waals surface area contributed by atoms with Gasteiger partial charge in [-0.15, -0.1) is 10.2 Å². The van der Waals surface area contributed by atoms with Crippen LogP contribution < -0.4 is 18.6 Å². The smallest absolute Gasteiger partial charge is 0.222 e. The van der Waals surface area contributed by atoms with Gasteiger partial charge in [-0.05, 0) is 51.4 Å². The van der Waals surface area contributed by atoms with Gasteiger partial charge in [0, 0.05) is 22.9 Å². The summed E-state index contributed by atoms with van der Waals surface area (Å²) in [7, 11) is -4.94. The first-order chi connectivity index (χ1) is 16.3. The van der Waals surface area contributed by atoms with Gasteiger partial charge in [-0.25, -0.2) is 23.1 Å². The van der Waals surface area contributed by atoms with E-state index in [1.54, 1.807) is 0 Å². The Balaban J connectivity index is 0.000000398. The molecule has 0 amide bonds. The Labute approximate surface area is 195 Å². The van der Waals surface area contributed by atoms with Crippen LogP contribution in [0.5, 0.6) is 0 Å². The summed E-state index contributed by atoms with van der Waals surface area (Å²) in [6.45, 7) is 2.17. The minimum Gasteiger partial charge on any atom is -0.222 e. The summed E-state index contributed by atoms with van der Waals surface area (Å²) in [5, 5.41) is 12.7. The highest BCUT2D eigenvalue weighted by Gasteiger charge is 2.24. The predicted molar refractivity (Wildman–Crippen MR) is 124 cm³/mol. The van der Waals surface area contributed by atoms with Crippen LogP contribution in [0.3, 0.4) is 0 Å². The monoisotopic (exact) mass is 468 g/mol. The Bertz CT molecular complexity index is 1840. The first-order valence-corrected chi connectivity index (χ1v) is 11.9. The second-order valence-corrected chi connectivity index (χ2v) is 9.16. The van der Waals surface area contributed by atoms with Crippen molar-refractivity contribution in [2.75, 3.05) is 0 Å². The zero-order valence-electron chi connectivity index (χ0n) is 18.0. The average molecular weight is 469 g/mol. The van der Waals surface area contributed by atoms with Crippen LogP contribution in [0.25, 0.3) is 65.0 Å². The van der Waals surface area contributed by atoms with Crippen molar-refractivity contribution in [1.29, 1.82) is 0 Å². The van der Waals surface area contributed by atoms with Crippen molar-refractivity contribution in [3.05, 3.63) is 90.5 Å². The highest BCUT2D eigenvalue weighted by Crippen LogP contribution is 2.45. The molecule has 1 aromatic heterocycles. The van der Waals surface area contributed by atoms with Crippen LogP contribution in [0.4, 0.5) is 0 Å². The van der Waals surface area contributed by atoms with Gasteiger partial charge in [0.1, 0.15) is 0 Å². The van der Waals surface area contributed by atoms with E-state index in [1.807, 2.05) is 0 Å². The molecule has 0 unspecified atom stereocenters. The number of fused-ring (bicyclic) bond motifs is 7. The Morgan fingerprint density at radius 3 is 1.94 bits per heavy atom. The summed E-state index contributed by atoms with van der Waals surface area (Å²) in [4.78, 5) is 0. The molecule has 6 heteroatoms. The Morgan fingerprint density at radius 2 is 1.15 bits per heavy atom. The molecule has 0 fully saturated rings. The van der Waals surface area contributed by atoms with Gasteiger partial charge in [-0.1, -0.05) is 66.2 Å². The number of benzene rings is 6. The molecule has 34 heavy (non-hydrogen) atoms. The van der Waals surface area contributed by atoms with E-state index in [0.29, 0.717) is 0 Å². The SMILES string of the molecule is Cc1ccc2c(c1)c1cccc3ccc4[o+]c5ccc6ccccc6c5c2c4c31.[O-][Cl+3]([O-])([O-])[O-]. The summed E-state index contributed by atoms with van der Waals surface area (Å²) < 4.78 is 40.4. The lowest BCUT2D eigenvalue weighted by Gasteiger charge is -2.17. The number of hydrogen-bond acceptors (Lipinski definition) is 4. The van der Waals surface area contributed by atoms with Gasteiger partial charge >= 0.3 is 11.2 Å². The molecule has 5 nitrogen and oxygen atoms in total. The standard InChI is InChI=1S/C28H17O.ClHO4/c1-16-9-12-21-22(15-16)20-8-4-6-18-11-14-24-28(25(18)20)27(21)26-19-7-3-2-5-17(19)10-13-23(26)29-24;2-1(3,4)5/h2-15H,1H3;(H,2,3,4,5)/q+1;/p-1. The van der Waals surface area contributed by atoms with Crippen molar-refractivity contribution in [3.8, 4) is 0 Å². The number of hydrogen-bond donors (Lipinski definition) is 0. The maximum atomic E-state index is 8.49. The van der Waals surface area contributed by atoms with Crippen molar-refractivity contribution in [3.63, 3.8) is 0 Å². The van der Waals surface area contributed by atoms with Gasteiger partial charge in [0.25, 0.3) is 0 Å². The molecule has 1 heterocycles. The van der Waals surface area contributed by atoms with E-state index in [-0.39, 0.29) is 0 Å². The Morgan fingerprint density at radius 1 is 0.529 bits per heavy atom. The van der Waals surface area contributed by atoms with Crippen LogP contribution in [0.15, 0.2) is 89.3 Å². The Kier molecular flexibility index (Phi) is 4.61. The van der Waals surface area contributed by atoms with Gasteiger partial charge in [0.15, 0.2) is 0 Å². The fourth-order valence-electron chi connectivity index (χ4n) is 5.12. The van der Waals surface area contributed by atoms with Crippen molar-refractivity contribution in [2.45, 2.75) is 6.92 Å². The van der Waals surface area contributed by atoms with Crippen molar-refractivity contribution in [1.82, 2.24) is 0 Å². The van der Waals surface area contributed by atoms with E-state index in [0.717, 1.165) is 11.2 Å². The first-order valence-electron chi connectivity index (χ1n) is 10.7. The molecule has 0 bridgehead atoms. The maximum absolute atomic E-state index is 8.49. The topological polar surface area (TPSA) is 104 Å². The quantitative estimate of drug-likeness (QED) is 0.192. The van der Waals surface area contributed by atoms with Crippen LogP contribution in [0, 0.1) is 17.2 Å². The van der Waals surface area contributed by atoms with Gasteiger partial charge in [0.2, 0.25) is 0 Å². The van der Waals surface area contributed by atoms with Crippen molar-refractivity contribution >= 4 is 65.0 Å². The first kappa shape index (κ1) is 21.0. The van der Waals surface area contributed by atoms with Gasteiger partial charge < -0.3 is 0 Å². The molecule has 166 valence electrons. The third-order valence-corrected chi connectivity index (χ3v) is 6.35. The molecule has 0 aliphatic rings. The average Bonchev–Trinajstić information content (AvgIpc) is 2.81. The lowest BCUT2D eigenvalue weighted by atomic mass is 9.88. The molecule has 7 rings (SSSR count). The van der Waals surface area contributed by atoms with Crippen LogP contribution in [-0.2, 0) is 0 Å². The third kappa shape index (κ3) is 3.30. The van der Waals surface area contributed by atoms with Crippen LogP contribution >= 0.6 is 0 Å². The summed E-state index contributed by atoms with van der Waals surface area (Å²) in [6, 6.07) is 30.6. The highest BCUT2D eigenvalue weighted by atomic mass is 35.7. The molecule has 0 spiro atoms. The van der Waals surface area contributed by atoms with Gasteiger partial charge in [0.05, 0.1) is 10.8 Å². The highest BCUT2D eigenvalue weighted by molar-refractivity contribution is 6.39. The molecular weight excluding hydrogens is 452 g/mol. The van der Waals surface area contributed by atoms with E-state index in [9.17, 15) is 0 Å². The Hall–Kier alpha value is -3.58. The molecule has 0 aliphatic heterocycles. The molecule has 7 aromatic rings. The third-order valence-electron chi connectivity index (χ3n) is 6.35. The molecular formula is C28H17ClO5. The van der Waals surface area contributed by atoms with Gasteiger partial charge in [-0.2, -0.15) is 0 Å². The lowest BCUT2D eigenvalue weighted by Crippen LogP contribution is -2.68. The molecule has 0 aliphatic carbocycles. The second-order valence-electron chi connectivity index (χ2n) is 8.41. The molecule has 0 saturated heterocycles. The lowest BCUT2D eigenvalue weighted by molar-refractivity contribution is -2.00. The maximum Gasteiger partial charge on any atom is 0.362 e. The normalized spacial score (nSPS) is 12.3. The minimum atomic E-state index is -4.94. The van der Waals surface area contributed by atoms with Crippen molar-refractivity contribution < 1.29 is 33.3 Å². The summed E-state index contributed by atoms with van der Waals surface area (Å²) >= 11 is 0. The fraction of sp³-hybridized carbons (Fsp3) is 0.0357. The summed E-state index contributed by atoms with van der Waals surface area (Å²) in [6.07, 6.45) is 0. The van der Waals surface area contributed by atoms with E-state index in [1.165, 1.54) is 59.4 Å². The van der Waals surface area contributed by atoms with E-state index in [4.69, 9.17) is 23.1 Å². The zero-order valence-corrected chi connectivity index (χ0v) is 18.8. The summed E-state index contributed by atoms with van der Waals surface area (Å²) in [5.41, 5.74) is 3.18. The summed E-state index contributed by atoms with van der Waals surface area (Å²) in [5.74, 6) is 0. The van der Waals surface area contributed by atoms with E-state index >= 15 is 0 Å². The number of halogens is 1. The minimum absolute atomic E-state index is 0.941. The molecule has 6 aromatic carbocycles. The molecule has 0 atom stereocenters.